The molecule has 1 aliphatic rings. The van der Waals surface area contributed by atoms with Crippen LogP contribution in [0.5, 0.6) is 0 Å². The van der Waals surface area contributed by atoms with Gasteiger partial charge in [0.05, 0.1) is 21.7 Å². The van der Waals surface area contributed by atoms with Crippen LogP contribution in [0.3, 0.4) is 0 Å². The number of hydrogen-bond acceptors (Lipinski definition) is 8. The van der Waals surface area contributed by atoms with E-state index in [9.17, 15) is 28.2 Å². The third kappa shape index (κ3) is 4.85. The van der Waals surface area contributed by atoms with E-state index in [1.54, 1.807) is 24.4 Å². The number of carboxylic acid groups (broad SMARTS) is 1. The van der Waals surface area contributed by atoms with E-state index in [1.807, 2.05) is 0 Å². The standard InChI is InChI=1S/C25H20F3N5O3S/c26-25(27,28)15-5-7-30-20(9-15)33-21-11-16(29)10-18(32-21)19-12-31-23(37-19)24(36)6-1-2-13-8-14(22(34)35)3-4-17(13)24/h3-5,7-12,36H,1-2,6H2,(H,34,35)(H3,29,30,32,33)/t24-/m0/s1. The molecule has 5 N–H and O–H groups in total. The Kier molecular flexibility index (Phi) is 6.08. The second kappa shape index (κ2) is 9.12. The molecule has 1 atom stereocenters. The molecule has 8 nitrogen and oxygen atoms in total. The summed E-state index contributed by atoms with van der Waals surface area (Å²) in [6.07, 6.45) is -0.206. The van der Waals surface area contributed by atoms with Crippen molar-refractivity contribution in [3.8, 4) is 10.6 Å². The number of aromatic carboxylic acids is 1. The van der Waals surface area contributed by atoms with Gasteiger partial charge in [-0.15, -0.1) is 11.3 Å². The number of nitrogen functional groups attached to an aromatic ring is 1. The highest BCUT2D eigenvalue weighted by Crippen LogP contribution is 2.44. The minimum Gasteiger partial charge on any atom is -0.478 e. The summed E-state index contributed by atoms with van der Waals surface area (Å²) < 4.78 is 39.1. The van der Waals surface area contributed by atoms with Crippen LogP contribution in [0.25, 0.3) is 10.6 Å². The van der Waals surface area contributed by atoms with E-state index in [0.717, 1.165) is 23.9 Å². The van der Waals surface area contributed by atoms with Crippen molar-refractivity contribution in [2.24, 2.45) is 0 Å². The van der Waals surface area contributed by atoms with E-state index in [4.69, 9.17) is 5.73 Å². The average Bonchev–Trinajstić information content (AvgIpc) is 3.35. The van der Waals surface area contributed by atoms with E-state index in [1.165, 1.54) is 23.5 Å². The van der Waals surface area contributed by atoms with Gasteiger partial charge in [0, 0.05) is 24.1 Å². The number of halogens is 3. The zero-order valence-corrected chi connectivity index (χ0v) is 19.9. The van der Waals surface area contributed by atoms with E-state index >= 15 is 0 Å². The lowest BCUT2D eigenvalue weighted by molar-refractivity contribution is -0.137. The minimum absolute atomic E-state index is 0.0438. The van der Waals surface area contributed by atoms with Crippen LogP contribution in [-0.2, 0) is 18.2 Å². The van der Waals surface area contributed by atoms with Crippen molar-refractivity contribution >= 4 is 34.6 Å². The highest BCUT2D eigenvalue weighted by atomic mass is 32.1. The fourth-order valence-corrected chi connectivity index (χ4v) is 5.37. The van der Waals surface area contributed by atoms with Crippen LogP contribution in [-0.4, -0.2) is 31.1 Å². The molecule has 0 saturated heterocycles. The number of aliphatic hydroxyl groups is 1. The summed E-state index contributed by atoms with van der Waals surface area (Å²) in [4.78, 5) is 24.8. The van der Waals surface area contributed by atoms with Gasteiger partial charge in [-0.05, 0) is 60.7 Å². The van der Waals surface area contributed by atoms with Crippen molar-refractivity contribution in [2.75, 3.05) is 11.1 Å². The molecule has 0 unspecified atom stereocenters. The van der Waals surface area contributed by atoms with Gasteiger partial charge < -0.3 is 21.3 Å². The van der Waals surface area contributed by atoms with Crippen LogP contribution in [0.4, 0.5) is 30.5 Å². The van der Waals surface area contributed by atoms with Crippen LogP contribution in [0.1, 0.15) is 44.9 Å². The fourth-order valence-electron chi connectivity index (χ4n) is 4.36. The van der Waals surface area contributed by atoms with E-state index in [-0.39, 0.29) is 17.2 Å². The molecule has 0 radical (unpaired) electrons. The van der Waals surface area contributed by atoms with Gasteiger partial charge >= 0.3 is 12.1 Å². The third-order valence-electron chi connectivity index (χ3n) is 6.09. The fraction of sp³-hybridized carbons (Fsp3) is 0.200. The summed E-state index contributed by atoms with van der Waals surface area (Å²) in [5.41, 5.74) is 6.05. The summed E-state index contributed by atoms with van der Waals surface area (Å²) in [6.45, 7) is 0. The number of rotatable bonds is 5. The molecular formula is C25H20F3N5O3S. The van der Waals surface area contributed by atoms with Crippen LogP contribution in [0.2, 0.25) is 0 Å². The van der Waals surface area contributed by atoms with Gasteiger partial charge in [-0.3, -0.25) is 0 Å². The van der Waals surface area contributed by atoms with Crippen molar-refractivity contribution in [1.82, 2.24) is 15.0 Å². The number of aromatic nitrogens is 3. The van der Waals surface area contributed by atoms with Crippen molar-refractivity contribution in [1.29, 1.82) is 0 Å². The van der Waals surface area contributed by atoms with E-state index < -0.39 is 23.3 Å². The molecule has 3 aromatic heterocycles. The Morgan fingerprint density at radius 2 is 1.92 bits per heavy atom. The lowest BCUT2D eigenvalue weighted by Gasteiger charge is -2.33. The smallest absolute Gasteiger partial charge is 0.416 e. The zero-order valence-electron chi connectivity index (χ0n) is 19.1. The highest BCUT2D eigenvalue weighted by Gasteiger charge is 2.39. The molecule has 1 aromatic carbocycles. The zero-order chi connectivity index (χ0) is 26.4. The number of thiazole rings is 1. The first kappa shape index (κ1) is 24.7. The number of anilines is 3. The number of carbonyl (C=O) groups is 1. The quantitative estimate of drug-likeness (QED) is 0.278. The van der Waals surface area contributed by atoms with Crippen LogP contribution >= 0.6 is 11.3 Å². The van der Waals surface area contributed by atoms with Crippen LogP contribution in [0, 0.1) is 0 Å². The Balaban J connectivity index is 1.46. The maximum atomic E-state index is 13.0. The van der Waals surface area contributed by atoms with Crippen molar-refractivity contribution < 1.29 is 28.2 Å². The molecule has 4 aromatic rings. The lowest BCUT2D eigenvalue weighted by Crippen LogP contribution is -2.32. The summed E-state index contributed by atoms with van der Waals surface area (Å²) in [6, 6.07) is 9.49. The summed E-state index contributed by atoms with van der Waals surface area (Å²) in [5.74, 6) is -0.886. The number of pyridine rings is 2. The van der Waals surface area contributed by atoms with Crippen molar-refractivity contribution in [3.05, 3.63) is 82.1 Å². The number of benzene rings is 1. The first-order valence-corrected chi connectivity index (χ1v) is 12.0. The molecule has 190 valence electrons. The minimum atomic E-state index is -4.51. The molecule has 37 heavy (non-hydrogen) atoms. The Labute approximate surface area is 212 Å². The normalized spacial score (nSPS) is 17.3. The van der Waals surface area contributed by atoms with E-state index in [0.29, 0.717) is 46.1 Å². The van der Waals surface area contributed by atoms with Gasteiger partial charge in [0.15, 0.2) is 0 Å². The molecule has 5 rings (SSSR count). The Hall–Kier alpha value is -4.03. The second-order valence-electron chi connectivity index (χ2n) is 8.64. The number of aryl methyl sites for hydroxylation is 1. The van der Waals surface area contributed by atoms with Gasteiger partial charge in [-0.25, -0.2) is 19.7 Å². The highest BCUT2D eigenvalue weighted by molar-refractivity contribution is 7.15. The molecule has 3 heterocycles. The average molecular weight is 528 g/mol. The van der Waals surface area contributed by atoms with Crippen molar-refractivity contribution in [3.63, 3.8) is 0 Å². The Morgan fingerprint density at radius 3 is 2.68 bits per heavy atom. The van der Waals surface area contributed by atoms with Crippen LogP contribution < -0.4 is 11.1 Å². The first-order valence-electron chi connectivity index (χ1n) is 11.2. The van der Waals surface area contributed by atoms with E-state index in [2.05, 4.69) is 20.3 Å². The number of alkyl halides is 3. The molecule has 0 bridgehead atoms. The maximum Gasteiger partial charge on any atom is 0.416 e. The molecule has 12 heteroatoms. The maximum absolute atomic E-state index is 13.0. The molecule has 0 amide bonds. The monoisotopic (exact) mass is 527 g/mol. The molecule has 0 saturated carbocycles. The number of fused-ring (bicyclic) bond motifs is 1. The number of hydrogen-bond donors (Lipinski definition) is 4. The van der Waals surface area contributed by atoms with Gasteiger partial charge in [-0.2, -0.15) is 13.2 Å². The molecule has 0 aliphatic heterocycles. The van der Waals surface area contributed by atoms with Crippen LogP contribution in [0.15, 0.2) is 54.9 Å². The van der Waals surface area contributed by atoms with Gasteiger partial charge in [0.25, 0.3) is 0 Å². The van der Waals surface area contributed by atoms with Crippen molar-refractivity contribution in [2.45, 2.75) is 31.0 Å². The topological polar surface area (TPSA) is 134 Å². The number of nitrogens with one attached hydrogen (secondary N) is 1. The Morgan fingerprint density at radius 1 is 1.11 bits per heavy atom. The van der Waals surface area contributed by atoms with Gasteiger partial charge in [0.2, 0.25) is 0 Å². The largest absolute Gasteiger partial charge is 0.478 e. The lowest BCUT2D eigenvalue weighted by atomic mass is 9.79. The molecule has 0 spiro atoms. The van der Waals surface area contributed by atoms with Gasteiger partial charge in [-0.1, -0.05) is 6.07 Å². The summed E-state index contributed by atoms with van der Waals surface area (Å²) >= 11 is 1.21. The summed E-state index contributed by atoms with van der Waals surface area (Å²) in [5, 5.41) is 24.1. The summed E-state index contributed by atoms with van der Waals surface area (Å²) in [7, 11) is 0. The molecule has 1 aliphatic carbocycles. The molecule has 0 fully saturated rings. The predicted octanol–water partition coefficient (Wildman–Crippen LogP) is 5.22. The first-order chi connectivity index (χ1) is 17.5. The second-order valence-corrected chi connectivity index (χ2v) is 9.67. The predicted molar refractivity (Wildman–Crippen MR) is 132 cm³/mol. The Bertz CT molecular complexity index is 1510. The number of nitrogens with zero attached hydrogens (tertiary/aromatic N) is 3. The molecular weight excluding hydrogens is 507 g/mol. The van der Waals surface area contributed by atoms with Gasteiger partial charge in [0.1, 0.15) is 22.2 Å². The SMILES string of the molecule is Nc1cc(Nc2cc(C(F)(F)F)ccn2)nc(-c2cnc([C@]3(O)CCCc4cc(C(=O)O)ccc43)s2)c1. The third-order valence-corrected chi connectivity index (χ3v) is 7.26. The number of carboxylic acids is 1. The number of nitrogens with two attached hydrogens (primary N) is 1.